The van der Waals surface area contributed by atoms with Crippen LogP contribution in [0.1, 0.15) is 0 Å². The number of hydrogen-bond acceptors (Lipinski definition) is 5. The Bertz CT molecular complexity index is 3550. The molecule has 4 heterocycles. The third-order valence-electron chi connectivity index (χ3n) is 11.3. The number of fused-ring (bicyclic) bond motifs is 10. The Morgan fingerprint density at radius 2 is 1.05 bits per heavy atom. The Labute approximate surface area is 337 Å². The van der Waals surface area contributed by atoms with E-state index in [0.717, 1.165) is 94.1 Å². The second-order valence-electron chi connectivity index (χ2n) is 14.7. The van der Waals surface area contributed by atoms with Gasteiger partial charge in [-0.15, -0.1) is 11.3 Å². The zero-order valence-electron chi connectivity index (χ0n) is 31.1. The maximum absolute atomic E-state index is 6.80. The first-order chi connectivity index (χ1) is 28.7. The number of pyridine rings is 1. The molecule has 0 radical (unpaired) electrons. The minimum absolute atomic E-state index is 0.696. The minimum atomic E-state index is 0.696. The second kappa shape index (κ2) is 13.1. The number of hydrogen-bond donors (Lipinski definition) is 0. The molecular weight excluding hydrogens is 727 g/mol. The largest absolute Gasteiger partial charge is 0.455 e. The number of rotatable bonds is 5. The van der Waals surface area contributed by atoms with Gasteiger partial charge in [0.05, 0.1) is 22.6 Å². The summed E-state index contributed by atoms with van der Waals surface area (Å²) in [6.45, 7) is 0. The first-order valence-electron chi connectivity index (χ1n) is 19.4. The average Bonchev–Trinajstić information content (AvgIpc) is 3.88. The molecule has 0 fully saturated rings. The molecule has 4 nitrogen and oxygen atoms in total. The lowest BCUT2D eigenvalue weighted by atomic mass is 9.91. The summed E-state index contributed by atoms with van der Waals surface area (Å²) in [6.07, 6.45) is 0. The van der Waals surface area contributed by atoms with Crippen molar-refractivity contribution in [1.82, 2.24) is 15.0 Å². The van der Waals surface area contributed by atoms with E-state index in [4.69, 9.17) is 19.4 Å². The van der Waals surface area contributed by atoms with Crippen LogP contribution in [0.15, 0.2) is 192 Å². The van der Waals surface area contributed by atoms with E-state index >= 15 is 0 Å². The van der Waals surface area contributed by atoms with Gasteiger partial charge < -0.3 is 4.42 Å². The quantitative estimate of drug-likeness (QED) is 0.164. The molecule has 0 saturated heterocycles. The second-order valence-corrected chi connectivity index (χ2v) is 15.7. The van der Waals surface area contributed by atoms with Gasteiger partial charge in [-0.3, -0.25) is 0 Å². The highest BCUT2D eigenvalue weighted by Gasteiger charge is 2.22. The normalized spacial score (nSPS) is 11.8. The van der Waals surface area contributed by atoms with Crippen molar-refractivity contribution >= 4 is 75.1 Å². The summed E-state index contributed by atoms with van der Waals surface area (Å²) in [6, 6.07) is 65.8. The molecule has 0 saturated carbocycles. The smallest absolute Gasteiger partial charge is 0.160 e. The van der Waals surface area contributed by atoms with Crippen molar-refractivity contribution in [3.05, 3.63) is 188 Å². The molecule has 4 aromatic heterocycles. The molecule has 12 rings (SSSR count). The average molecular weight is 758 g/mol. The van der Waals surface area contributed by atoms with Gasteiger partial charge in [0.25, 0.3) is 0 Å². The highest BCUT2D eigenvalue weighted by Crippen LogP contribution is 2.46. The monoisotopic (exact) mass is 757 g/mol. The first-order valence-corrected chi connectivity index (χ1v) is 20.2. The van der Waals surface area contributed by atoms with Crippen molar-refractivity contribution in [3.8, 4) is 56.3 Å². The summed E-state index contributed by atoms with van der Waals surface area (Å²) < 4.78 is 9.30. The van der Waals surface area contributed by atoms with Gasteiger partial charge in [0, 0.05) is 74.9 Å². The molecule has 58 heavy (non-hydrogen) atoms. The molecule has 12 aromatic rings. The fraction of sp³-hybridized carbons (Fsp3) is 0. The minimum Gasteiger partial charge on any atom is -0.455 e. The van der Waals surface area contributed by atoms with Gasteiger partial charge in [0.15, 0.2) is 5.82 Å². The molecule has 0 aliphatic carbocycles. The first kappa shape index (κ1) is 32.7. The van der Waals surface area contributed by atoms with Crippen LogP contribution in [-0.4, -0.2) is 15.0 Å². The number of benzene rings is 8. The van der Waals surface area contributed by atoms with E-state index in [0.29, 0.717) is 5.82 Å². The van der Waals surface area contributed by atoms with Crippen LogP contribution in [-0.2, 0) is 0 Å². The molecule has 0 amide bonds. The molecule has 0 aliphatic rings. The number of nitrogens with zero attached hydrogens (tertiary/aromatic N) is 3. The molecule has 0 aliphatic heterocycles. The van der Waals surface area contributed by atoms with Crippen LogP contribution < -0.4 is 0 Å². The number of aromatic nitrogens is 3. The maximum atomic E-state index is 6.80. The Morgan fingerprint density at radius 3 is 1.88 bits per heavy atom. The summed E-state index contributed by atoms with van der Waals surface area (Å²) in [7, 11) is 0. The van der Waals surface area contributed by atoms with Crippen LogP contribution in [0.2, 0.25) is 0 Å². The molecule has 0 N–H and O–H groups in total. The molecule has 0 bridgehead atoms. The summed E-state index contributed by atoms with van der Waals surface area (Å²) in [5.74, 6) is 0.696. The third-order valence-corrected chi connectivity index (χ3v) is 12.5. The van der Waals surface area contributed by atoms with Crippen molar-refractivity contribution in [3.63, 3.8) is 0 Å². The molecule has 0 unspecified atom stereocenters. The molecular formula is C53H31N3OS. The lowest BCUT2D eigenvalue weighted by Gasteiger charge is -2.14. The van der Waals surface area contributed by atoms with Gasteiger partial charge in [0.1, 0.15) is 11.2 Å². The Kier molecular flexibility index (Phi) is 7.37. The topological polar surface area (TPSA) is 51.8 Å². The fourth-order valence-electron chi connectivity index (χ4n) is 8.58. The fourth-order valence-corrected chi connectivity index (χ4v) is 9.80. The lowest BCUT2D eigenvalue weighted by molar-refractivity contribution is 0.670. The SMILES string of the molecule is c1ccc(-c2nc(-c3ccc(-c4cc5c(-c6ccccc6)nc6ccccc6c5c5c4oc4ccccc45)cc3)cc(-c3cccc4c3sc3ccccc34)n2)cc1. The van der Waals surface area contributed by atoms with E-state index in [1.54, 1.807) is 0 Å². The lowest BCUT2D eigenvalue weighted by Crippen LogP contribution is -1.96. The highest BCUT2D eigenvalue weighted by atomic mass is 32.1. The Balaban J connectivity index is 1.07. The predicted molar refractivity (Wildman–Crippen MR) is 242 cm³/mol. The molecule has 0 atom stereocenters. The van der Waals surface area contributed by atoms with E-state index in [-0.39, 0.29) is 0 Å². The highest BCUT2D eigenvalue weighted by molar-refractivity contribution is 7.26. The maximum Gasteiger partial charge on any atom is 0.160 e. The van der Waals surface area contributed by atoms with Gasteiger partial charge in [-0.25, -0.2) is 15.0 Å². The van der Waals surface area contributed by atoms with Crippen molar-refractivity contribution in [2.24, 2.45) is 0 Å². The Morgan fingerprint density at radius 1 is 0.397 bits per heavy atom. The third kappa shape index (κ3) is 5.18. The van der Waals surface area contributed by atoms with Crippen molar-refractivity contribution < 1.29 is 4.42 Å². The number of para-hydroxylation sites is 2. The predicted octanol–water partition coefficient (Wildman–Crippen LogP) is 14.8. The van der Waals surface area contributed by atoms with E-state index in [1.807, 2.05) is 35.6 Å². The van der Waals surface area contributed by atoms with Gasteiger partial charge >= 0.3 is 0 Å². The van der Waals surface area contributed by atoms with E-state index < -0.39 is 0 Å². The summed E-state index contributed by atoms with van der Waals surface area (Å²) in [5, 5.41) is 8.06. The summed E-state index contributed by atoms with van der Waals surface area (Å²) >= 11 is 1.82. The molecule has 5 heteroatoms. The van der Waals surface area contributed by atoms with Crippen LogP contribution in [0.3, 0.4) is 0 Å². The van der Waals surface area contributed by atoms with Crippen LogP contribution in [0.25, 0.3) is 120 Å². The van der Waals surface area contributed by atoms with Crippen molar-refractivity contribution in [2.75, 3.05) is 0 Å². The van der Waals surface area contributed by atoms with Crippen molar-refractivity contribution in [1.29, 1.82) is 0 Å². The van der Waals surface area contributed by atoms with Gasteiger partial charge in [-0.1, -0.05) is 158 Å². The summed E-state index contributed by atoms with van der Waals surface area (Å²) in [4.78, 5) is 15.7. The van der Waals surface area contributed by atoms with Gasteiger partial charge in [-0.05, 0) is 35.9 Å². The van der Waals surface area contributed by atoms with Crippen LogP contribution in [0.5, 0.6) is 0 Å². The zero-order valence-corrected chi connectivity index (χ0v) is 31.9. The van der Waals surface area contributed by atoms with Gasteiger partial charge in [-0.2, -0.15) is 0 Å². The van der Waals surface area contributed by atoms with Crippen LogP contribution in [0, 0.1) is 0 Å². The molecule has 270 valence electrons. The zero-order chi connectivity index (χ0) is 38.2. The van der Waals surface area contributed by atoms with Crippen molar-refractivity contribution in [2.45, 2.75) is 0 Å². The molecule has 8 aromatic carbocycles. The van der Waals surface area contributed by atoms with Gasteiger partial charge in [0.2, 0.25) is 0 Å². The number of thiophene rings is 1. The van der Waals surface area contributed by atoms with E-state index in [9.17, 15) is 0 Å². The van der Waals surface area contributed by atoms with E-state index in [1.165, 1.54) is 20.2 Å². The van der Waals surface area contributed by atoms with Crippen LogP contribution >= 0.6 is 11.3 Å². The van der Waals surface area contributed by atoms with E-state index in [2.05, 4.69) is 164 Å². The number of furan rings is 1. The Hall–Kier alpha value is -7.47. The summed E-state index contributed by atoms with van der Waals surface area (Å²) in [5.41, 5.74) is 11.6. The molecule has 0 spiro atoms. The standard InChI is InChI=1S/C53H31N3OS/c1-3-14-34(15-4-1)50-42-30-41(51-49(40-20-8-11-24-46(40)57-51)48(42)38-19-7-10-23-43(38)54-50)32-26-28-33(29-27-32)44-31-45(56-53(55-44)35-16-5-2-6-17-35)39-22-13-21-37-36-18-9-12-25-47(36)58-52(37)39/h1-31H. The van der Waals surface area contributed by atoms with Crippen LogP contribution in [0.4, 0.5) is 0 Å².